The van der Waals surface area contributed by atoms with Crippen LogP contribution in [0.25, 0.3) is 0 Å². The van der Waals surface area contributed by atoms with Crippen LogP contribution in [0.4, 0.5) is 4.79 Å². The van der Waals surface area contributed by atoms with E-state index in [0.29, 0.717) is 18.1 Å². The molecule has 1 aromatic carbocycles. The quantitative estimate of drug-likeness (QED) is 0.424. The van der Waals surface area contributed by atoms with Gasteiger partial charge in [0.05, 0.1) is 0 Å². The summed E-state index contributed by atoms with van der Waals surface area (Å²) in [6.07, 6.45) is 8.02. The van der Waals surface area contributed by atoms with Gasteiger partial charge in [-0.2, -0.15) is 11.8 Å². The third kappa shape index (κ3) is 8.66. The summed E-state index contributed by atoms with van der Waals surface area (Å²) in [5.41, 5.74) is 1.17. The highest BCUT2D eigenvalue weighted by molar-refractivity contribution is 7.98. The fraction of sp³-hybridized carbons (Fsp3) is 0.690. The lowest BCUT2D eigenvalue weighted by Gasteiger charge is -2.36. The van der Waals surface area contributed by atoms with E-state index in [-0.39, 0.29) is 23.9 Å². The summed E-state index contributed by atoms with van der Waals surface area (Å²) in [6.45, 7) is 9.50. The summed E-state index contributed by atoms with van der Waals surface area (Å²) in [6, 6.07) is 6.43. The molecule has 7 nitrogen and oxygen atoms in total. The first-order chi connectivity index (χ1) is 17.5. The number of benzene rings is 1. The molecule has 0 bridgehead atoms. The molecule has 0 saturated heterocycles. The van der Waals surface area contributed by atoms with Crippen LogP contribution in [0.15, 0.2) is 24.3 Å². The van der Waals surface area contributed by atoms with E-state index in [4.69, 9.17) is 4.74 Å². The number of aryl methyl sites for hydroxylation is 1. The first-order valence-corrected chi connectivity index (χ1v) is 15.1. The van der Waals surface area contributed by atoms with Crippen LogP contribution < -0.4 is 10.6 Å². The Balaban J connectivity index is 1.94. The van der Waals surface area contributed by atoms with Gasteiger partial charge in [0.25, 0.3) is 0 Å². The van der Waals surface area contributed by atoms with Crippen molar-refractivity contribution in [3.63, 3.8) is 0 Å². The van der Waals surface area contributed by atoms with Crippen LogP contribution in [0, 0.1) is 12.8 Å². The van der Waals surface area contributed by atoms with Crippen LogP contribution in [0.1, 0.15) is 89.8 Å². The summed E-state index contributed by atoms with van der Waals surface area (Å²) >= 11 is 1.62. The number of hydrogen-bond donors (Lipinski definition) is 2. The first-order valence-electron chi connectivity index (χ1n) is 13.7. The number of amides is 3. The first kappa shape index (κ1) is 29.3. The topological polar surface area (TPSA) is 87.7 Å². The molecule has 4 atom stereocenters. The van der Waals surface area contributed by atoms with Crippen molar-refractivity contribution in [2.24, 2.45) is 5.92 Å². The zero-order valence-electron chi connectivity index (χ0n) is 23.3. The molecule has 37 heavy (non-hydrogen) atoms. The molecule has 3 rings (SSSR count). The summed E-state index contributed by atoms with van der Waals surface area (Å²) in [4.78, 5) is 42.6. The number of nitrogens with zero attached hydrogens (tertiary/aromatic N) is 1. The monoisotopic (exact) mass is 531 g/mol. The van der Waals surface area contributed by atoms with Crippen molar-refractivity contribution in [3.8, 4) is 0 Å². The molecule has 206 valence electrons. The number of hydrogen-bond acceptors (Lipinski definition) is 5. The maximum atomic E-state index is 14.2. The van der Waals surface area contributed by atoms with Crippen LogP contribution in [0.3, 0.4) is 0 Å². The molecule has 0 spiro atoms. The molecule has 0 radical (unpaired) electrons. The van der Waals surface area contributed by atoms with E-state index in [0.717, 1.165) is 43.2 Å². The van der Waals surface area contributed by atoms with Gasteiger partial charge in [-0.05, 0) is 76.9 Å². The highest BCUT2D eigenvalue weighted by Crippen LogP contribution is 2.41. The Morgan fingerprint density at radius 3 is 2.41 bits per heavy atom. The van der Waals surface area contributed by atoms with Gasteiger partial charge in [-0.25, -0.2) is 4.79 Å². The second-order valence-corrected chi connectivity index (χ2v) is 12.7. The molecule has 3 amide bonds. The molecule has 1 aromatic rings. The molecule has 0 aliphatic heterocycles. The van der Waals surface area contributed by atoms with Crippen molar-refractivity contribution in [1.82, 2.24) is 15.5 Å². The average Bonchev–Trinajstić information content (AvgIpc) is 3.54. The summed E-state index contributed by atoms with van der Waals surface area (Å²) in [5, 5.41) is 6.10. The van der Waals surface area contributed by atoms with Gasteiger partial charge in [0.15, 0.2) is 0 Å². The fourth-order valence-electron chi connectivity index (χ4n) is 5.10. The van der Waals surface area contributed by atoms with Gasteiger partial charge in [-0.1, -0.05) is 56.0 Å². The molecule has 2 N–H and O–H groups in total. The fourth-order valence-corrected chi connectivity index (χ4v) is 5.57. The highest BCUT2D eigenvalue weighted by atomic mass is 32.2. The van der Waals surface area contributed by atoms with E-state index in [9.17, 15) is 14.4 Å². The number of thioether (sulfide) groups is 1. The Morgan fingerprint density at radius 2 is 1.84 bits per heavy atom. The van der Waals surface area contributed by atoms with Crippen LogP contribution in [-0.2, 0) is 14.3 Å². The van der Waals surface area contributed by atoms with Gasteiger partial charge in [0, 0.05) is 12.1 Å². The zero-order chi connectivity index (χ0) is 27.2. The van der Waals surface area contributed by atoms with E-state index < -0.39 is 23.8 Å². The average molecular weight is 532 g/mol. The van der Waals surface area contributed by atoms with E-state index in [1.165, 1.54) is 6.42 Å². The van der Waals surface area contributed by atoms with Gasteiger partial charge in [0.1, 0.15) is 17.7 Å². The van der Waals surface area contributed by atoms with Gasteiger partial charge in [-0.15, -0.1) is 0 Å². The second kappa shape index (κ2) is 13.0. The van der Waals surface area contributed by atoms with Crippen LogP contribution in [0.2, 0.25) is 0 Å². The summed E-state index contributed by atoms with van der Waals surface area (Å²) < 4.78 is 5.48. The number of ether oxygens (including phenoxy) is 1. The van der Waals surface area contributed by atoms with Crippen molar-refractivity contribution >= 4 is 29.7 Å². The predicted octanol–water partition coefficient (Wildman–Crippen LogP) is 5.37. The normalized spacial score (nSPS) is 21.5. The van der Waals surface area contributed by atoms with Crippen molar-refractivity contribution in [1.29, 1.82) is 0 Å². The molecule has 0 aromatic heterocycles. The van der Waals surface area contributed by atoms with Crippen LogP contribution >= 0.6 is 11.8 Å². The van der Waals surface area contributed by atoms with E-state index in [1.807, 2.05) is 37.4 Å². The Labute approximate surface area is 226 Å². The van der Waals surface area contributed by atoms with Crippen LogP contribution in [-0.4, -0.2) is 58.5 Å². The number of nitrogens with one attached hydrogen (secondary N) is 2. The highest BCUT2D eigenvalue weighted by Gasteiger charge is 2.48. The predicted molar refractivity (Wildman–Crippen MR) is 150 cm³/mol. The molecule has 8 heteroatoms. The largest absolute Gasteiger partial charge is 0.444 e. The van der Waals surface area contributed by atoms with Gasteiger partial charge < -0.3 is 20.3 Å². The molecule has 4 unspecified atom stereocenters. The number of carbonyl (C=O) groups is 3. The summed E-state index contributed by atoms with van der Waals surface area (Å²) in [5.74, 6) is 0.635. The van der Waals surface area contributed by atoms with Gasteiger partial charge in [0.2, 0.25) is 11.8 Å². The lowest BCUT2D eigenvalue weighted by atomic mass is 9.94. The van der Waals surface area contributed by atoms with Crippen molar-refractivity contribution in [3.05, 3.63) is 35.4 Å². The van der Waals surface area contributed by atoms with Crippen LogP contribution in [0.5, 0.6) is 0 Å². The number of rotatable bonds is 10. The maximum Gasteiger partial charge on any atom is 0.408 e. The van der Waals surface area contributed by atoms with Gasteiger partial charge in [-0.3, -0.25) is 9.59 Å². The standard InChI is InChI=1S/C29H45N3O4S/c1-19-11-10-12-21(17-19)25(26(33)30-22-13-8-7-9-14-22)32(24-18-20(24)2)27(34)23(15-16-37-6)31-28(35)36-29(3,4)5/h10-12,17,20,22-25H,7-9,13-16,18H2,1-6H3,(H,30,33)(H,31,35). The molecule has 0 heterocycles. The maximum absolute atomic E-state index is 14.2. The molecule has 2 saturated carbocycles. The van der Waals surface area contributed by atoms with E-state index in [1.54, 1.807) is 37.4 Å². The minimum absolute atomic E-state index is 0.0488. The molecule has 2 fully saturated rings. The number of carbonyl (C=O) groups excluding carboxylic acids is 3. The van der Waals surface area contributed by atoms with Crippen molar-refractivity contribution in [2.45, 2.75) is 109 Å². The Kier molecular flexibility index (Phi) is 10.3. The van der Waals surface area contributed by atoms with Crippen molar-refractivity contribution < 1.29 is 19.1 Å². The third-order valence-corrected chi connectivity index (χ3v) is 7.76. The number of alkyl carbamates (subject to hydrolysis) is 1. The Bertz CT molecular complexity index is 941. The third-order valence-electron chi connectivity index (χ3n) is 7.11. The molecular weight excluding hydrogens is 486 g/mol. The Hall–Kier alpha value is -2.22. The lowest BCUT2D eigenvalue weighted by molar-refractivity contribution is -0.143. The van der Waals surface area contributed by atoms with E-state index >= 15 is 0 Å². The lowest BCUT2D eigenvalue weighted by Crippen LogP contribution is -2.55. The minimum atomic E-state index is -0.773. The van der Waals surface area contributed by atoms with Gasteiger partial charge >= 0.3 is 6.09 Å². The SMILES string of the molecule is CSCCC(NC(=O)OC(C)(C)C)C(=O)N(C(C(=O)NC1CCCCC1)c1cccc(C)c1)C1CC1C. The second-order valence-electron chi connectivity index (χ2n) is 11.7. The molecular formula is C29H45N3O4S. The Morgan fingerprint density at radius 1 is 1.16 bits per heavy atom. The van der Waals surface area contributed by atoms with E-state index in [2.05, 4.69) is 17.6 Å². The zero-order valence-corrected chi connectivity index (χ0v) is 24.2. The molecule has 2 aliphatic carbocycles. The smallest absolute Gasteiger partial charge is 0.408 e. The minimum Gasteiger partial charge on any atom is -0.444 e. The van der Waals surface area contributed by atoms with Crippen molar-refractivity contribution in [2.75, 3.05) is 12.0 Å². The molecule has 2 aliphatic rings. The summed E-state index contributed by atoms with van der Waals surface area (Å²) in [7, 11) is 0.